The van der Waals surface area contributed by atoms with Crippen LogP contribution in [-0.2, 0) is 11.2 Å². The van der Waals surface area contributed by atoms with E-state index in [-0.39, 0.29) is 11.9 Å². The van der Waals surface area contributed by atoms with Crippen LogP contribution in [0.4, 0.5) is 0 Å². The summed E-state index contributed by atoms with van der Waals surface area (Å²) >= 11 is 0. The second-order valence-corrected chi connectivity index (χ2v) is 5.27. The number of nitrogens with two attached hydrogens (primary N) is 1. The summed E-state index contributed by atoms with van der Waals surface area (Å²) < 4.78 is 0. The zero-order valence-corrected chi connectivity index (χ0v) is 11.0. The lowest BCUT2D eigenvalue weighted by Crippen LogP contribution is -2.33. The Balaban J connectivity index is 1.66. The van der Waals surface area contributed by atoms with Crippen molar-refractivity contribution in [3.8, 4) is 0 Å². The van der Waals surface area contributed by atoms with Crippen LogP contribution in [0.3, 0.4) is 0 Å². The molecule has 0 saturated heterocycles. The molecule has 0 aliphatic heterocycles. The van der Waals surface area contributed by atoms with Crippen molar-refractivity contribution in [1.82, 2.24) is 5.32 Å². The van der Waals surface area contributed by atoms with Gasteiger partial charge in [-0.3, -0.25) is 4.79 Å². The SMILES string of the molecule is CC(N)CCCC(=O)NCC1Cc2ccccc21. The van der Waals surface area contributed by atoms with Gasteiger partial charge in [-0.1, -0.05) is 24.3 Å². The summed E-state index contributed by atoms with van der Waals surface area (Å²) in [6.45, 7) is 2.75. The average molecular weight is 246 g/mol. The number of nitrogens with one attached hydrogen (secondary N) is 1. The van der Waals surface area contributed by atoms with E-state index < -0.39 is 0 Å². The number of benzene rings is 1. The maximum absolute atomic E-state index is 11.6. The number of carbonyl (C=O) groups is 1. The molecule has 3 heteroatoms. The van der Waals surface area contributed by atoms with Crippen molar-refractivity contribution in [3.05, 3.63) is 35.4 Å². The molecule has 98 valence electrons. The molecule has 0 fully saturated rings. The van der Waals surface area contributed by atoms with Crippen LogP contribution in [0.15, 0.2) is 24.3 Å². The zero-order chi connectivity index (χ0) is 13.0. The monoisotopic (exact) mass is 246 g/mol. The number of hydrogen-bond acceptors (Lipinski definition) is 2. The Bertz CT molecular complexity index is 415. The van der Waals surface area contributed by atoms with E-state index in [9.17, 15) is 4.79 Å². The Hall–Kier alpha value is -1.35. The molecule has 1 amide bonds. The summed E-state index contributed by atoms with van der Waals surface area (Å²) in [5, 5.41) is 3.02. The first-order valence-electron chi connectivity index (χ1n) is 6.77. The predicted octanol–water partition coefficient (Wildman–Crippen LogP) is 1.96. The highest BCUT2D eigenvalue weighted by molar-refractivity contribution is 5.76. The molecule has 2 atom stereocenters. The third-order valence-electron chi connectivity index (χ3n) is 3.57. The van der Waals surface area contributed by atoms with Crippen molar-refractivity contribution < 1.29 is 4.79 Å². The topological polar surface area (TPSA) is 55.1 Å². The molecular formula is C15H22N2O. The Morgan fingerprint density at radius 3 is 3.00 bits per heavy atom. The van der Waals surface area contributed by atoms with Gasteiger partial charge < -0.3 is 11.1 Å². The first-order valence-corrected chi connectivity index (χ1v) is 6.77. The molecule has 2 rings (SSSR count). The lowest BCUT2D eigenvalue weighted by Gasteiger charge is -2.30. The van der Waals surface area contributed by atoms with Gasteiger partial charge >= 0.3 is 0 Å². The molecule has 0 aromatic heterocycles. The third-order valence-corrected chi connectivity index (χ3v) is 3.57. The molecule has 3 N–H and O–H groups in total. The van der Waals surface area contributed by atoms with Crippen molar-refractivity contribution in [2.45, 2.75) is 44.6 Å². The predicted molar refractivity (Wildman–Crippen MR) is 73.4 cm³/mol. The van der Waals surface area contributed by atoms with E-state index >= 15 is 0 Å². The molecule has 2 unspecified atom stereocenters. The van der Waals surface area contributed by atoms with E-state index in [0.717, 1.165) is 25.8 Å². The van der Waals surface area contributed by atoms with Crippen LogP contribution in [0.5, 0.6) is 0 Å². The van der Waals surface area contributed by atoms with Gasteiger partial charge in [0.15, 0.2) is 0 Å². The molecule has 0 heterocycles. The normalized spacial score (nSPS) is 18.7. The van der Waals surface area contributed by atoms with Crippen LogP contribution in [-0.4, -0.2) is 18.5 Å². The number of rotatable bonds is 6. The summed E-state index contributed by atoms with van der Waals surface area (Å²) in [5.41, 5.74) is 8.47. The van der Waals surface area contributed by atoms with E-state index in [1.165, 1.54) is 11.1 Å². The van der Waals surface area contributed by atoms with Crippen LogP contribution in [0.2, 0.25) is 0 Å². The fraction of sp³-hybridized carbons (Fsp3) is 0.533. The second kappa shape index (κ2) is 6.01. The maximum Gasteiger partial charge on any atom is 0.220 e. The van der Waals surface area contributed by atoms with Crippen molar-refractivity contribution in [1.29, 1.82) is 0 Å². The van der Waals surface area contributed by atoms with Gasteiger partial charge in [0.2, 0.25) is 5.91 Å². The molecule has 1 aromatic rings. The van der Waals surface area contributed by atoms with E-state index in [0.29, 0.717) is 12.3 Å². The van der Waals surface area contributed by atoms with Crippen LogP contribution < -0.4 is 11.1 Å². The van der Waals surface area contributed by atoms with Gasteiger partial charge in [-0.05, 0) is 37.3 Å². The molecule has 0 spiro atoms. The summed E-state index contributed by atoms with van der Waals surface area (Å²) in [6.07, 6.45) is 3.48. The van der Waals surface area contributed by atoms with Gasteiger partial charge in [-0.2, -0.15) is 0 Å². The van der Waals surface area contributed by atoms with E-state index in [2.05, 4.69) is 29.6 Å². The Morgan fingerprint density at radius 2 is 2.28 bits per heavy atom. The second-order valence-electron chi connectivity index (χ2n) is 5.27. The molecule has 3 nitrogen and oxygen atoms in total. The molecule has 1 aliphatic rings. The standard InChI is InChI=1S/C15H22N2O/c1-11(16)5-4-8-15(18)17-10-13-9-12-6-2-3-7-14(12)13/h2-3,6-7,11,13H,4-5,8-10,16H2,1H3,(H,17,18). The molecule has 0 saturated carbocycles. The van der Waals surface area contributed by atoms with E-state index in [1.807, 2.05) is 6.92 Å². The number of amides is 1. The highest BCUT2D eigenvalue weighted by Gasteiger charge is 2.25. The van der Waals surface area contributed by atoms with Crippen LogP contribution in [0.25, 0.3) is 0 Å². The fourth-order valence-electron chi connectivity index (χ4n) is 2.45. The van der Waals surface area contributed by atoms with Crippen molar-refractivity contribution >= 4 is 5.91 Å². The van der Waals surface area contributed by atoms with Gasteiger partial charge in [-0.25, -0.2) is 0 Å². The lowest BCUT2D eigenvalue weighted by atomic mass is 9.77. The molecule has 18 heavy (non-hydrogen) atoms. The van der Waals surface area contributed by atoms with Gasteiger partial charge in [-0.15, -0.1) is 0 Å². The van der Waals surface area contributed by atoms with Crippen LogP contribution in [0.1, 0.15) is 43.2 Å². The molecular weight excluding hydrogens is 224 g/mol. The lowest BCUT2D eigenvalue weighted by molar-refractivity contribution is -0.121. The highest BCUT2D eigenvalue weighted by atomic mass is 16.1. The molecule has 0 radical (unpaired) electrons. The molecule has 0 bridgehead atoms. The van der Waals surface area contributed by atoms with Crippen molar-refractivity contribution in [3.63, 3.8) is 0 Å². The minimum absolute atomic E-state index is 0.153. The third kappa shape index (κ3) is 3.33. The summed E-state index contributed by atoms with van der Waals surface area (Å²) in [7, 11) is 0. The van der Waals surface area contributed by atoms with Crippen LogP contribution in [0, 0.1) is 0 Å². The van der Waals surface area contributed by atoms with Gasteiger partial charge in [0.05, 0.1) is 0 Å². The fourth-order valence-corrected chi connectivity index (χ4v) is 2.45. The number of carbonyl (C=O) groups excluding carboxylic acids is 1. The highest BCUT2D eigenvalue weighted by Crippen LogP contribution is 2.33. The quantitative estimate of drug-likeness (QED) is 0.806. The number of fused-ring (bicyclic) bond motifs is 1. The first-order chi connectivity index (χ1) is 8.66. The summed E-state index contributed by atoms with van der Waals surface area (Å²) in [6, 6.07) is 8.65. The van der Waals surface area contributed by atoms with Crippen LogP contribution >= 0.6 is 0 Å². The van der Waals surface area contributed by atoms with E-state index in [4.69, 9.17) is 5.73 Å². The number of hydrogen-bond donors (Lipinski definition) is 2. The zero-order valence-electron chi connectivity index (χ0n) is 11.0. The minimum atomic E-state index is 0.153. The molecule has 1 aromatic carbocycles. The largest absolute Gasteiger partial charge is 0.355 e. The van der Waals surface area contributed by atoms with Gasteiger partial charge in [0.1, 0.15) is 0 Å². The van der Waals surface area contributed by atoms with Crippen molar-refractivity contribution in [2.24, 2.45) is 5.73 Å². The Kier molecular flexibility index (Phi) is 4.37. The Labute approximate surface area is 109 Å². The average Bonchev–Trinajstić information content (AvgIpc) is 2.30. The van der Waals surface area contributed by atoms with E-state index in [1.54, 1.807) is 0 Å². The van der Waals surface area contributed by atoms with Gasteiger partial charge in [0, 0.05) is 24.9 Å². The Morgan fingerprint density at radius 1 is 1.50 bits per heavy atom. The minimum Gasteiger partial charge on any atom is -0.355 e. The summed E-state index contributed by atoms with van der Waals surface area (Å²) in [5.74, 6) is 0.665. The first kappa shape index (κ1) is 13.1. The van der Waals surface area contributed by atoms with Crippen molar-refractivity contribution in [2.75, 3.05) is 6.54 Å². The maximum atomic E-state index is 11.6. The van der Waals surface area contributed by atoms with Gasteiger partial charge in [0.25, 0.3) is 0 Å². The summed E-state index contributed by atoms with van der Waals surface area (Å²) in [4.78, 5) is 11.6. The molecule has 1 aliphatic carbocycles. The smallest absolute Gasteiger partial charge is 0.220 e.